The van der Waals surface area contributed by atoms with Crippen molar-refractivity contribution in [3.63, 3.8) is 0 Å². The maximum Gasteiger partial charge on any atom is 0.256 e. The molecule has 2 atom stereocenters. The van der Waals surface area contributed by atoms with Crippen LogP contribution in [0.2, 0.25) is 5.15 Å². The molecular weight excluding hydrogens is 364 g/mol. The zero-order chi connectivity index (χ0) is 19.6. The molecule has 5 rings (SSSR count). The Labute approximate surface area is 165 Å². The number of nitrogens with one attached hydrogen (secondary N) is 2. The molecule has 27 heavy (non-hydrogen) atoms. The fourth-order valence-corrected chi connectivity index (χ4v) is 6.40. The van der Waals surface area contributed by atoms with E-state index in [4.69, 9.17) is 11.6 Å². The summed E-state index contributed by atoms with van der Waals surface area (Å²) in [4.78, 5) is 24.6. The highest BCUT2D eigenvalue weighted by Gasteiger charge is 2.56. The second-order valence-electron chi connectivity index (χ2n) is 9.86. The highest BCUT2D eigenvalue weighted by Crippen LogP contribution is 2.55. The molecule has 0 saturated heterocycles. The summed E-state index contributed by atoms with van der Waals surface area (Å²) in [6.45, 7) is 7.62. The average molecular weight is 393 g/mol. The number of carbonyl (C=O) groups is 2. The second kappa shape index (κ2) is 6.23. The minimum atomic E-state index is -0.275. The van der Waals surface area contributed by atoms with Crippen molar-refractivity contribution in [1.29, 1.82) is 0 Å². The summed E-state index contributed by atoms with van der Waals surface area (Å²) in [5, 5.41) is 11.2. The number of amides is 2. The van der Waals surface area contributed by atoms with Crippen molar-refractivity contribution in [1.82, 2.24) is 20.4 Å². The number of aromatic nitrogens is 2. The molecule has 2 N–H and O–H groups in total. The second-order valence-corrected chi connectivity index (χ2v) is 10.2. The van der Waals surface area contributed by atoms with Crippen molar-refractivity contribution >= 4 is 23.4 Å². The van der Waals surface area contributed by atoms with Crippen LogP contribution in [0.4, 0.5) is 0 Å². The number of carbonyl (C=O) groups excluding carboxylic acids is 2. The predicted molar refractivity (Wildman–Crippen MR) is 104 cm³/mol. The van der Waals surface area contributed by atoms with Crippen molar-refractivity contribution in [2.45, 2.75) is 76.9 Å². The van der Waals surface area contributed by atoms with E-state index in [2.05, 4.69) is 15.7 Å². The molecular formula is C20H29ClN4O2. The van der Waals surface area contributed by atoms with E-state index in [1.54, 1.807) is 17.8 Å². The van der Waals surface area contributed by atoms with Crippen LogP contribution in [0.1, 0.15) is 70.2 Å². The lowest BCUT2D eigenvalue weighted by Crippen LogP contribution is -2.66. The van der Waals surface area contributed by atoms with E-state index in [0.717, 1.165) is 32.1 Å². The lowest BCUT2D eigenvalue weighted by Gasteiger charge is -2.60. The van der Waals surface area contributed by atoms with Crippen LogP contribution in [0.3, 0.4) is 0 Å². The fraction of sp³-hybridized carbons (Fsp3) is 0.750. The van der Waals surface area contributed by atoms with Gasteiger partial charge in [-0.1, -0.05) is 11.6 Å². The Morgan fingerprint density at radius 1 is 1.22 bits per heavy atom. The lowest BCUT2D eigenvalue weighted by molar-refractivity contribution is -0.125. The van der Waals surface area contributed by atoms with Crippen LogP contribution in [0.25, 0.3) is 0 Å². The number of hydrogen-bond acceptors (Lipinski definition) is 3. The molecule has 2 amide bonds. The largest absolute Gasteiger partial charge is 0.351 e. The first-order valence-electron chi connectivity index (χ1n) is 9.92. The van der Waals surface area contributed by atoms with E-state index in [1.165, 1.54) is 0 Å². The summed E-state index contributed by atoms with van der Waals surface area (Å²) < 4.78 is 1.69. The van der Waals surface area contributed by atoms with Crippen molar-refractivity contribution in [3.05, 3.63) is 16.9 Å². The van der Waals surface area contributed by atoms with Gasteiger partial charge in [0.05, 0.1) is 17.3 Å². The molecule has 4 aliphatic carbocycles. The van der Waals surface area contributed by atoms with Gasteiger partial charge in [-0.2, -0.15) is 5.10 Å². The lowest BCUT2D eigenvalue weighted by atomic mass is 9.51. The Kier molecular flexibility index (Phi) is 4.33. The molecule has 6 nitrogen and oxygen atoms in total. The number of nitrogens with zero attached hydrogens (tertiary/aromatic N) is 2. The molecule has 0 spiro atoms. The van der Waals surface area contributed by atoms with Gasteiger partial charge < -0.3 is 10.6 Å². The van der Waals surface area contributed by atoms with E-state index in [9.17, 15) is 9.59 Å². The van der Waals surface area contributed by atoms with Crippen LogP contribution < -0.4 is 10.6 Å². The smallest absolute Gasteiger partial charge is 0.256 e. The van der Waals surface area contributed by atoms with Crippen LogP contribution in [0.5, 0.6) is 0 Å². The van der Waals surface area contributed by atoms with Gasteiger partial charge in [-0.05, 0) is 70.6 Å². The summed E-state index contributed by atoms with van der Waals surface area (Å²) in [6, 6.07) is 0.157. The number of hydrogen-bond donors (Lipinski definition) is 2. The van der Waals surface area contributed by atoms with Crippen LogP contribution in [-0.4, -0.2) is 33.2 Å². The third kappa shape index (κ3) is 3.26. The average Bonchev–Trinajstić information content (AvgIpc) is 2.90. The fourth-order valence-electron chi connectivity index (χ4n) is 5.97. The first kappa shape index (κ1) is 18.8. The van der Waals surface area contributed by atoms with E-state index in [-0.39, 0.29) is 28.9 Å². The third-order valence-corrected chi connectivity index (χ3v) is 6.97. The summed E-state index contributed by atoms with van der Waals surface area (Å²) in [5.41, 5.74) is 0.110. The van der Waals surface area contributed by atoms with Gasteiger partial charge in [0.15, 0.2) is 0 Å². The zero-order valence-corrected chi connectivity index (χ0v) is 17.3. The van der Waals surface area contributed by atoms with Crippen LogP contribution in [-0.2, 0) is 10.3 Å². The molecule has 0 aromatic carbocycles. The minimum Gasteiger partial charge on any atom is -0.351 e. The van der Waals surface area contributed by atoms with Gasteiger partial charge in [0, 0.05) is 18.5 Å². The first-order valence-corrected chi connectivity index (χ1v) is 10.3. The Bertz CT molecular complexity index is 765. The normalized spacial score (nSPS) is 34.6. The van der Waals surface area contributed by atoms with Crippen molar-refractivity contribution in [2.75, 3.05) is 0 Å². The van der Waals surface area contributed by atoms with E-state index in [1.807, 2.05) is 20.8 Å². The van der Waals surface area contributed by atoms with Crippen LogP contribution >= 0.6 is 11.6 Å². The molecule has 0 radical (unpaired) electrons. The van der Waals surface area contributed by atoms with Crippen molar-refractivity contribution < 1.29 is 9.59 Å². The van der Waals surface area contributed by atoms with Gasteiger partial charge in [0.2, 0.25) is 5.91 Å². The monoisotopic (exact) mass is 392 g/mol. The molecule has 4 aliphatic rings. The predicted octanol–water partition coefficient (Wildman–Crippen LogP) is 3.10. The molecule has 0 unspecified atom stereocenters. The standard InChI is InChI=1S/C20H29ClN4O2/c1-11(26)24-20-7-12-5-13(8-20)16(14(6-12)9-20)23-18(27)15-10-22-25(17(15)21)19(2,3)4/h10,12-14,16H,5-9H2,1-4H3,(H,23,27)(H,24,26)/t12?,13-,14-,16?,20?/m0/s1. The van der Waals surface area contributed by atoms with Gasteiger partial charge in [-0.15, -0.1) is 0 Å². The van der Waals surface area contributed by atoms with E-state index in [0.29, 0.717) is 28.5 Å². The molecule has 4 saturated carbocycles. The highest BCUT2D eigenvalue weighted by molar-refractivity contribution is 6.32. The Hall–Kier alpha value is -1.56. The molecule has 0 aliphatic heterocycles. The summed E-state index contributed by atoms with van der Waals surface area (Å²) in [7, 11) is 0. The van der Waals surface area contributed by atoms with Crippen molar-refractivity contribution in [3.8, 4) is 0 Å². The van der Waals surface area contributed by atoms with E-state index < -0.39 is 0 Å². The van der Waals surface area contributed by atoms with Gasteiger partial charge in [0.25, 0.3) is 5.91 Å². The maximum atomic E-state index is 12.9. The molecule has 1 heterocycles. The zero-order valence-electron chi connectivity index (χ0n) is 16.5. The minimum absolute atomic E-state index is 0.0545. The van der Waals surface area contributed by atoms with Crippen LogP contribution in [0.15, 0.2) is 6.20 Å². The third-order valence-electron chi connectivity index (χ3n) is 6.60. The van der Waals surface area contributed by atoms with Crippen molar-refractivity contribution in [2.24, 2.45) is 17.8 Å². The molecule has 148 valence electrons. The SMILES string of the molecule is CC(=O)NC12CC3C[C@@H](C1)C(NC(=O)c1cnn(C(C)(C)C)c1Cl)[C@@H](C3)C2. The maximum absolute atomic E-state index is 12.9. The Morgan fingerprint density at radius 3 is 2.37 bits per heavy atom. The molecule has 4 bridgehead atoms. The van der Waals surface area contributed by atoms with E-state index >= 15 is 0 Å². The van der Waals surface area contributed by atoms with Gasteiger partial charge in [-0.3, -0.25) is 9.59 Å². The Balaban J connectivity index is 1.51. The Morgan fingerprint density at radius 2 is 1.85 bits per heavy atom. The molecule has 1 aromatic heterocycles. The quantitative estimate of drug-likeness (QED) is 0.829. The molecule has 1 aromatic rings. The first-order chi connectivity index (χ1) is 12.6. The number of rotatable bonds is 3. The number of halogens is 1. The van der Waals surface area contributed by atoms with Gasteiger partial charge in [0.1, 0.15) is 5.15 Å². The highest BCUT2D eigenvalue weighted by atomic mass is 35.5. The summed E-state index contributed by atoms with van der Waals surface area (Å²) in [5.74, 6) is 1.42. The molecule has 4 fully saturated rings. The molecule has 7 heteroatoms. The topological polar surface area (TPSA) is 76.0 Å². The summed E-state index contributed by atoms with van der Waals surface area (Å²) >= 11 is 6.44. The van der Waals surface area contributed by atoms with Crippen LogP contribution in [0, 0.1) is 17.8 Å². The summed E-state index contributed by atoms with van der Waals surface area (Å²) in [6.07, 6.45) is 6.84. The van der Waals surface area contributed by atoms with Gasteiger partial charge in [-0.25, -0.2) is 4.68 Å². The van der Waals surface area contributed by atoms with Gasteiger partial charge >= 0.3 is 0 Å².